The van der Waals surface area contributed by atoms with E-state index in [9.17, 15) is 9.59 Å². The molecule has 0 aliphatic heterocycles. The van der Waals surface area contributed by atoms with Crippen molar-refractivity contribution in [3.05, 3.63) is 63.1 Å². The van der Waals surface area contributed by atoms with Gasteiger partial charge >= 0.3 is 0 Å². The first-order valence-corrected chi connectivity index (χ1v) is 8.94. The van der Waals surface area contributed by atoms with E-state index in [1.54, 1.807) is 6.07 Å². The highest BCUT2D eigenvalue weighted by Gasteiger charge is 2.16. The van der Waals surface area contributed by atoms with Crippen LogP contribution < -0.4 is 10.6 Å². The fourth-order valence-electron chi connectivity index (χ4n) is 3.02. The molecule has 0 radical (unpaired) electrons. The van der Waals surface area contributed by atoms with E-state index >= 15 is 0 Å². The van der Waals surface area contributed by atoms with E-state index < -0.39 is 5.91 Å². The standard InChI is InChI=1S/C19H18Cl2N2O2/c20-13-8-9-15(16(21)10-13)19(25)22-11-18(24)23-17-7-3-5-12-4-1-2-6-14(12)17/h3,5,7-10H,1-2,4,6,11H2,(H,22,25)(H,23,24). The monoisotopic (exact) mass is 376 g/mol. The normalized spacial score (nSPS) is 13.0. The second kappa shape index (κ2) is 7.89. The van der Waals surface area contributed by atoms with Gasteiger partial charge in [-0.25, -0.2) is 0 Å². The summed E-state index contributed by atoms with van der Waals surface area (Å²) < 4.78 is 0. The highest BCUT2D eigenvalue weighted by atomic mass is 35.5. The smallest absolute Gasteiger partial charge is 0.253 e. The van der Waals surface area contributed by atoms with Crippen LogP contribution >= 0.6 is 23.2 Å². The van der Waals surface area contributed by atoms with Crippen LogP contribution in [0.2, 0.25) is 10.0 Å². The largest absolute Gasteiger partial charge is 0.343 e. The van der Waals surface area contributed by atoms with E-state index in [1.807, 2.05) is 12.1 Å². The Morgan fingerprint density at radius 1 is 1.04 bits per heavy atom. The third-order valence-corrected chi connectivity index (χ3v) is 4.80. The number of carbonyl (C=O) groups excluding carboxylic acids is 2. The fourth-order valence-corrected chi connectivity index (χ4v) is 3.52. The first-order valence-electron chi connectivity index (χ1n) is 8.18. The SMILES string of the molecule is O=C(CNC(=O)c1ccc(Cl)cc1Cl)Nc1cccc2c1CCCC2. The van der Waals surface area contributed by atoms with Gasteiger partial charge in [0.1, 0.15) is 0 Å². The minimum Gasteiger partial charge on any atom is -0.343 e. The number of aryl methyl sites for hydroxylation is 1. The van der Waals surface area contributed by atoms with Crippen molar-refractivity contribution in [2.24, 2.45) is 0 Å². The molecule has 2 aromatic carbocycles. The number of halogens is 2. The molecule has 25 heavy (non-hydrogen) atoms. The second-order valence-corrected chi connectivity index (χ2v) is 6.85. The lowest BCUT2D eigenvalue weighted by molar-refractivity contribution is -0.115. The summed E-state index contributed by atoms with van der Waals surface area (Å²) in [6, 6.07) is 10.6. The first kappa shape index (κ1) is 17.8. The zero-order chi connectivity index (χ0) is 17.8. The summed E-state index contributed by atoms with van der Waals surface area (Å²) in [6.45, 7) is -0.124. The molecule has 2 amide bonds. The zero-order valence-electron chi connectivity index (χ0n) is 13.6. The van der Waals surface area contributed by atoms with Gasteiger partial charge in [-0.15, -0.1) is 0 Å². The van der Waals surface area contributed by atoms with Gasteiger partial charge in [0.15, 0.2) is 0 Å². The van der Waals surface area contributed by atoms with Crippen molar-refractivity contribution in [1.29, 1.82) is 0 Å². The highest BCUT2D eigenvalue weighted by molar-refractivity contribution is 6.36. The van der Waals surface area contributed by atoms with Crippen molar-refractivity contribution >= 4 is 40.7 Å². The summed E-state index contributed by atoms with van der Waals surface area (Å²) in [6.07, 6.45) is 4.33. The predicted molar refractivity (Wildman–Crippen MR) is 101 cm³/mol. The summed E-state index contributed by atoms with van der Waals surface area (Å²) in [5, 5.41) is 6.18. The minimum absolute atomic E-state index is 0.124. The van der Waals surface area contributed by atoms with Gasteiger partial charge < -0.3 is 10.6 Å². The molecule has 130 valence electrons. The number of carbonyl (C=O) groups is 2. The molecule has 0 fully saturated rings. The molecular weight excluding hydrogens is 359 g/mol. The molecule has 4 nitrogen and oxygen atoms in total. The van der Waals surface area contributed by atoms with E-state index in [0.717, 1.165) is 24.9 Å². The lowest BCUT2D eigenvalue weighted by Gasteiger charge is -2.19. The molecule has 0 unspecified atom stereocenters. The second-order valence-electron chi connectivity index (χ2n) is 6.01. The Kier molecular flexibility index (Phi) is 5.61. The fraction of sp³-hybridized carbons (Fsp3) is 0.263. The molecule has 3 rings (SSSR count). The maximum absolute atomic E-state index is 12.2. The topological polar surface area (TPSA) is 58.2 Å². The van der Waals surface area contributed by atoms with Gasteiger partial charge in [-0.05, 0) is 61.1 Å². The highest BCUT2D eigenvalue weighted by Crippen LogP contribution is 2.27. The Bertz CT molecular complexity index is 821. The Morgan fingerprint density at radius 2 is 1.84 bits per heavy atom. The van der Waals surface area contributed by atoms with Gasteiger partial charge in [0.05, 0.1) is 17.1 Å². The molecule has 2 aromatic rings. The molecule has 0 atom stereocenters. The number of rotatable bonds is 4. The zero-order valence-corrected chi connectivity index (χ0v) is 15.1. The molecule has 0 bridgehead atoms. The third-order valence-electron chi connectivity index (χ3n) is 4.26. The van der Waals surface area contributed by atoms with Crippen LogP contribution in [0, 0.1) is 0 Å². The maximum atomic E-state index is 12.2. The van der Waals surface area contributed by atoms with Crippen molar-refractivity contribution < 1.29 is 9.59 Å². The molecule has 6 heteroatoms. The van der Waals surface area contributed by atoms with E-state index in [-0.39, 0.29) is 23.0 Å². The average Bonchev–Trinajstić information content (AvgIpc) is 2.60. The predicted octanol–water partition coefficient (Wildman–Crippen LogP) is 4.24. The number of hydrogen-bond acceptors (Lipinski definition) is 2. The lowest BCUT2D eigenvalue weighted by atomic mass is 9.90. The van der Waals surface area contributed by atoms with Gasteiger partial charge in [0.2, 0.25) is 5.91 Å². The summed E-state index contributed by atoms with van der Waals surface area (Å²) in [7, 11) is 0. The van der Waals surface area contributed by atoms with Crippen LogP contribution in [0.3, 0.4) is 0 Å². The van der Waals surface area contributed by atoms with Crippen molar-refractivity contribution in [2.45, 2.75) is 25.7 Å². The molecule has 0 aromatic heterocycles. The van der Waals surface area contributed by atoms with Crippen LogP contribution in [-0.4, -0.2) is 18.4 Å². The van der Waals surface area contributed by atoms with Gasteiger partial charge in [-0.3, -0.25) is 9.59 Å². The summed E-state index contributed by atoms with van der Waals surface area (Å²) >= 11 is 11.8. The Morgan fingerprint density at radius 3 is 2.64 bits per heavy atom. The summed E-state index contributed by atoms with van der Waals surface area (Å²) in [4.78, 5) is 24.3. The minimum atomic E-state index is -0.410. The molecule has 0 saturated heterocycles. The van der Waals surface area contributed by atoms with E-state index in [2.05, 4.69) is 16.7 Å². The molecule has 0 heterocycles. The molecule has 1 aliphatic rings. The van der Waals surface area contributed by atoms with E-state index in [4.69, 9.17) is 23.2 Å². The summed E-state index contributed by atoms with van der Waals surface area (Å²) in [5.74, 6) is -0.677. The van der Waals surface area contributed by atoms with Gasteiger partial charge in [0, 0.05) is 10.7 Å². The molecular formula is C19H18Cl2N2O2. The van der Waals surface area contributed by atoms with Crippen molar-refractivity contribution in [2.75, 3.05) is 11.9 Å². The number of amides is 2. The first-order chi connectivity index (χ1) is 12.0. The van der Waals surface area contributed by atoms with Crippen molar-refractivity contribution in [3.63, 3.8) is 0 Å². The van der Waals surface area contributed by atoms with Crippen LogP contribution in [0.5, 0.6) is 0 Å². The van der Waals surface area contributed by atoms with E-state index in [1.165, 1.54) is 29.7 Å². The van der Waals surface area contributed by atoms with Crippen LogP contribution in [-0.2, 0) is 17.6 Å². The maximum Gasteiger partial charge on any atom is 0.253 e. The number of fused-ring (bicyclic) bond motifs is 1. The Balaban J connectivity index is 1.61. The van der Waals surface area contributed by atoms with Crippen LogP contribution in [0.4, 0.5) is 5.69 Å². The molecule has 0 saturated carbocycles. The molecule has 1 aliphatic carbocycles. The average molecular weight is 377 g/mol. The van der Waals surface area contributed by atoms with Gasteiger partial charge in [-0.1, -0.05) is 35.3 Å². The number of hydrogen-bond donors (Lipinski definition) is 2. The third kappa shape index (κ3) is 4.33. The van der Waals surface area contributed by atoms with Crippen molar-refractivity contribution in [3.8, 4) is 0 Å². The molecule has 2 N–H and O–H groups in total. The lowest BCUT2D eigenvalue weighted by Crippen LogP contribution is -2.33. The quantitative estimate of drug-likeness (QED) is 0.837. The number of benzene rings is 2. The Hall–Kier alpha value is -2.04. The van der Waals surface area contributed by atoms with Gasteiger partial charge in [0.25, 0.3) is 5.91 Å². The van der Waals surface area contributed by atoms with Crippen LogP contribution in [0.1, 0.15) is 34.3 Å². The van der Waals surface area contributed by atoms with Gasteiger partial charge in [-0.2, -0.15) is 0 Å². The van der Waals surface area contributed by atoms with Crippen LogP contribution in [0.15, 0.2) is 36.4 Å². The van der Waals surface area contributed by atoms with Crippen LogP contribution in [0.25, 0.3) is 0 Å². The van der Waals surface area contributed by atoms with E-state index in [0.29, 0.717) is 5.02 Å². The molecule has 0 spiro atoms. The number of anilines is 1. The number of nitrogens with one attached hydrogen (secondary N) is 2. The summed E-state index contributed by atoms with van der Waals surface area (Å²) in [5.41, 5.74) is 3.62. The van der Waals surface area contributed by atoms with Crippen molar-refractivity contribution in [1.82, 2.24) is 5.32 Å². The Labute approximate surface area is 156 Å².